The monoisotopic (exact) mass is 740 g/mol. The van der Waals surface area contributed by atoms with Crippen LogP contribution < -0.4 is 0 Å². The van der Waals surface area contributed by atoms with E-state index in [9.17, 15) is 8.78 Å². The molecule has 0 aliphatic carbocycles. The number of hydrogen-bond donors (Lipinski definition) is 0. The molecular formula is C49H29F5N2. The van der Waals surface area contributed by atoms with Crippen molar-refractivity contribution in [2.75, 3.05) is 0 Å². The number of halogens is 5. The Morgan fingerprint density at radius 1 is 0.321 bits per heavy atom. The second-order valence-corrected chi connectivity index (χ2v) is 13.9. The number of alkyl halides is 3. The molecule has 10 rings (SSSR count). The smallest absolute Gasteiger partial charge is 0.309 e. The van der Waals surface area contributed by atoms with Crippen LogP contribution in [0.25, 0.3) is 88.4 Å². The second-order valence-electron chi connectivity index (χ2n) is 13.9. The van der Waals surface area contributed by atoms with E-state index in [0.717, 1.165) is 62.0 Å². The van der Waals surface area contributed by atoms with Gasteiger partial charge < -0.3 is 9.13 Å². The van der Waals surface area contributed by atoms with Crippen LogP contribution in [0.15, 0.2) is 176 Å². The maximum Gasteiger partial charge on any atom is 0.420 e. The highest BCUT2D eigenvalue weighted by atomic mass is 19.4. The zero-order valence-electron chi connectivity index (χ0n) is 29.5. The summed E-state index contributed by atoms with van der Waals surface area (Å²) in [5, 5.41) is 3.07. The molecule has 2 nitrogen and oxygen atoms in total. The molecule has 0 aliphatic rings. The summed E-state index contributed by atoms with van der Waals surface area (Å²) in [4.78, 5) is 0. The summed E-state index contributed by atoms with van der Waals surface area (Å²) in [7, 11) is 0. The molecule has 0 radical (unpaired) electrons. The third-order valence-electron chi connectivity index (χ3n) is 10.6. The zero-order chi connectivity index (χ0) is 38.1. The lowest BCUT2D eigenvalue weighted by Gasteiger charge is -2.23. The van der Waals surface area contributed by atoms with Gasteiger partial charge in [-0.15, -0.1) is 0 Å². The Morgan fingerprint density at radius 2 is 0.714 bits per heavy atom. The van der Waals surface area contributed by atoms with Crippen molar-refractivity contribution in [1.29, 1.82) is 0 Å². The van der Waals surface area contributed by atoms with Crippen LogP contribution in [0.5, 0.6) is 0 Å². The van der Waals surface area contributed by atoms with Gasteiger partial charge in [-0.2, -0.15) is 13.2 Å². The van der Waals surface area contributed by atoms with E-state index in [1.54, 1.807) is 33.4 Å². The Morgan fingerprint density at radius 3 is 1.16 bits per heavy atom. The largest absolute Gasteiger partial charge is 0.420 e. The third-order valence-corrected chi connectivity index (χ3v) is 10.6. The molecule has 0 unspecified atom stereocenters. The number of rotatable bonds is 5. The highest BCUT2D eigenvalue weighted by molar-refractivity contribution is 6.12. The maximum atomic E-state index is 16.2. The van der Waals surface area contributed by atoms with E-state index in [1.165, 1.54) is 12.1 Å². The van der Waals surface area contributed by atoms with Crippen LogP contribution in [0.3, 0.4) is 0 Å². The Labute approximate surface area is 317 Å². The highest BCUT2D eigenvalue weighted by Gasteiger charge is 2.39. The summed E-state index contributed by atoms with van der Waals surface area (Å²) < 4.78 is 81.6. The summed E-state index contributed by atoms with van der Waals surface area (Å²) >= 11 is 0. The molecule has 0 amide bonds. The molecule has 10 aromatic rings. The quantitative estimate of drug-likeness (QED) is 0.156. The van der Waals surface area contributed by atoms with Gasteiger partial charge in [0.1, 0.15) is 17.2 Å². The van der Waals surface area contributed by atoms with Crippen LogP contribution in [0.2, 0.25) is 0 Å². The van der Waals surface area contributed by atoms with E-state index in [1.807, 2.05) is 121 Å². The van der Waals surface area contributed by atoms with Crippen molar-refractivity contribution in [3.8, 4) is 44.8 Å². The lowest BCUT2D eigenvalue weighted by Crippen LogP contribution is -2.16. The minimum atomic E-state index is -4.88. The summed E-state index contributed by atoms with van der Waals surface area (Å²) in [6, 6.07) is 51.7. The molecule has 0 atom stereocenters. The van der Waals surface area contributed by atoms with Crippen LogP contribution in [0.1, 0.15) is 5.56 Å². The number of aromatic nitrogens is 2. The molecule has 0 N–H and O–H groups in total. The first-order valence-corrected chi connectivity index (χ1v) is 18.1. The number of fused-ring (bicyclic) bond motifs is 6. The molecule has 8 aromatic carbocycles. The average Bonchev–Trinajstić information content (AvgIpc) is 3.72. The van der Waals surface area contributed by atoms with Crippen LogP contribution in [0.4, 0.5) is 22.0 Å². The Hall–Kier alpha value is -6.99. The lowest BCUT2D eigenvalue weighted by atomic mass is 9.98. The van der Waals surface area contributed by atoms with Gasteiger partial charge in [-0.25, -0.2) is 8.78 Å². The maximum absolute atomic E-state index is 16.2. The fourth-order valence-corrected chi connectivity index (χ4v) is 8.23. The molecule has 0 saturated heterocycles. The van der Waals surface area contributed by atoms with Gasteiger partial charge >= 0.3 is 6.18 Å². The molecule has 0 bridgehead atoms. The van der Waals surface area contributed by atoms with Gasteiger partial charge in [-0.3, -0.25) is 0 Å². The van der Waals surface area contributed by atoms with Gasteiger partial charge in [0.05, 0.1) is 33.4 Å². The minimum absolute atomic E-state index is 0.109. The van der Waals surface area contributed by atoms with Crippen molar-refractivity contribution in [2.24, 2.45) is 0 Å². The van der Waals surface area contributed by atoms with Gasteiger partial charge in [0, 0.05) is 27.6 Å². The van der Waals surface area contributed by atoms with Gasteiger partial charge in [-0.05, 0) is 94.0 Å². The normalized spacial score (nSPS) is 12.0. The molecule has 7 heteroatoms. The minimum Gasteiger partial charge on any atom is -0.309 e. The molecule has 270 valence electrons. The number of hydrogen-bond acceptors (Lipinski definition) is 0. The van der Waals surface area contributed by atoms with E-state index >= 15 is 13.2 Å². The molecule has 0 aliphatic heterocycles. The summed E-state index contributed by atoms with van der Waals surface area (Å²) in [6.45, 7) is 0. The van der Waals surface area contributed by atoms with Crippen LogP contribution in [-0.2, 0) is 6.18 Å². The molecule has 0 spiro atoms. The van der Waals surface area contributed by atoms with E-state index in [0.29, 0.717) is 22.1 Å². The predicted molar refractivity (Wildman–Crippen MR) is 216 cm³/mol. The standard InChI is InChI=1S/C49H29F5N2/c50-36-23-34(24-37(51)29-36)35-27-46(55-42-17-9-7-15-38(42)40-25-32(19-21-44(40)55)30-11-3-1-4-12-30)48(49(52,53)54)47(28-35)56-43-18-10-8-16-39(43)41-26-33(20-22-45(41)56)31-13-5-2-6-14-31/h1-29H. The van der Waals surface area contributed by atoms with Crippen molar-refractivity contribution in [1.82, 2.24) is 9.13 Å². The molecule has 0 saturated carbocycles. The van der Waals surface area contributed by atoms with Gasteiger partial charge in [0.2, 0.25) is 0 Å². The zero-order valence-corrected chi connectivity index (χ0v) is 29.5. The number of nitrogens with zero attached hydrogens (tertiary/aromatic N) is 2. The van der Waals surface area contributed by atoms with E-state index in [-0.39, 0.29) is 22.5 Å². The molecule has 0 fully saturated rings. The molecule has 2 heterocycles. The lowest BCUT2D eigenvalue weighted by molar-refractivity contribution is -0.137. The summed E-state index contributed by atoms with van der Waals surface area (Å²) in [6.07, 6.45) is -4.88. The third kappa shape index (κ3) is 5.46. The van der Waals surface area contributed by atoms with Crippen LogP contribution >= 0.6 is 0 Å². The van der Waals surface area contributed by atoms with Crippen molar-refractivity contribution in [3.63, 3.8) is 0 Å². The van der Waals surface area contributed by atoms with Crippen molar-refractivity contribution in [3.05, 3.63) is 193 Å². The first kappa shape index (κ1) is 33.6. The van der Waals surface area contributed by atoms with E-state index < -0.39 is 23.4 Å². The Kier molecular flexibility index (Phi) is 7.68. The Balaban J connectivity index is 1.34. The fraction of sp³-hybridized carbons (Fsp3) is 0.0204. The van der Waals surface area contributed by atoms with Gasteiger partial charge in [0.25, 0.3) is 0 Å². The number of benzene rings is 8. The highest BCUT2D eigenvalue weighted by Crippen LogP contribution is 2.47. The number of para-hydroxylation sites is 2. The first-order valence-electron chi connectivity index (χ1n) is 18.1. The van der Waals surface area contributed by atoms with Crippen molar-refractivity contribution < 1.29 is 22.0 Å². The Bertz CT molecular complexity index is 2940. The summed E-state index contributed by atoms with van der Waals surface area (Å²) in [5.74, 6) is -1.67. The van der Waals surface area contributed by atoms with Crippen molar-refractivity contribution in [2.45, 2.75) is 6.18 Å². The van der Waals surface area contributed by atoms with E-state index in [2.05, 4.69) is 0 Å². The summed E-state index contributed by atoms with van der Waals surface area (Å²) in [5.41, 5.74) is 5.12. The van der Waals surface area contributed by atoms with E-state index in [4.69, 9.17) is 0 Å². The van der Waals surface area contributed by atoms with Gasteiger partial charge in [-0.1, -0.05) is 109 Å². The van der Waals surface area contributed by atoms with Crippen LogP contribution in [0, 0.1) is 11.6 Å². The molecular weight excluding hydrogens is 712 g/mol. The second kappa shape index (κ2) is 12.8. The fourth-order valence-electron chi connectivity index (χ4n) is 8.23. The SMILES string of the molecule is Fc1cc(F)cc(-c2cc(-n3c4ccccc4c4cc(-c5ccccc5)ccc43)c(C(F)(F)F)c(-n3c4ccccc4c4cc(-c5ccccc5)ccc43)c2)c1. The predicted octanol–water partition coefficient (Wildman–Crippen LogP) is 14.2. The topological polar surface area (TPSA) is 9.86 Å². The molecule has 56 heavy (non-hydrogen) atoms. The molecule has 2 aromatic heterocycles. The van der Waals surface area contributed by atoms with Crippen LogP contribution in [-0.4, -0.2) is 9.13 Å². The first-order chi connectivity index (χ1) is 27.2. The average molecular weight is 741 g/mol. The van der Waals surface area contributed by atoms with Crippen molar-refractivity contribution >= 4 is 43.6 Å². The van der Waals surface area contributed by atoms with Gasteiger partial charge in [0.15, 0.2) is 0 Å².